The molecule has 0 radical (unpaired) electrons. The lowest BCUT2D eigenvalue weighted by atomic mass is 10.1. The summed E-state index contributed by atoms with van der Waals surface area (Å²) in [5, 5.41) is 13.0. The Morgan fingerprint density at radius 2 is 1.96 bits per heavy atom. The van der Waals surface area contributed by atoms with E-state index in [1.807, 2.05) is 0 Å². The number of carbonyl (C=O) groups is 2. The first kappa shape index (κ1) is 18.9. The SMILES string of the molecule is CCOC(=O)c1cnc2ccc(C(=O)OC)cc2c1Nc1ccccc1C#N. The number of nitrogens with one attached hydrogen (secondary N) is 1. The molecule has 7 heteroatoms. The van der Waals surface area contributed by atoms with Crippen molar-refractivity contribution in [2.75, 3.05) is 19.0 Å². The number of aromatic nitrogens is 1. The normalized spacial score (nSPS) is 10.2. The Labute approximate surface area is 161 Å². The van der Waals surface area contributed by atoms with Gasteiger partial charge in [0, 0.05) is 11.6 Å². The summed E-state index contributed by atoms with van der Waals surface area (Å²) in [7, 11) is 1.29. The molecule has 0 saturated heterocycles. The van der Waals surface area contributed by atoms with E-state index in [9.17, 15) is 14.9 Å². The number of fused-ring (bicyclic) bond motifs is 1. The van der Waals surface area contributed by atoms with Crippen LogP contribution in [-0.4, -0.2) is 30.6 Å². The molecule has 0 aliphatic carbocycles. The third-order valence-electron chi connectivity index (χ3n) is 4.09. The third-order valence-corrected chi connectivity index (χ3v) is 4.09. The number of rotatable bonds is 5. The number of hydrogen-bond donors (Lipinski definition) is 1. The van der Waals surface area contributed by atoms with Gasteiger partial charge in [0.2, 0.25) is 0 Å². The fourth-order valence-electron chi connectivity index (χ4n) is 2.76. The number of para-hydroxylation sites is 1. The molecule has 3 rings (SSSR count). The number of ether oxygens (including phenoxy) is 2. The predicted molar refractivity (Wildman–Crippen MR) is 103 cm³/mol. The summed E-state index contributed by atoms with van der Waals surface area (Å²) in [6.45, 7) is 1.91. The average molecular weight is 375 g/mol. The first-order chi connectivity index (χ1) is 13.6. The van der Waals surface area contributed by atoms with Gasteiger partial charge in [0.15, 0.2) is 0 Å². The molecule has 0 aliphatic rings. The predicted octanol–water partition coefficient (Wildman–Crippen LogP) is 3.81. The molecule has 28 heavy (non-hydrogen) atoms. The maximum absolute atomic E-state index is 12.5. The highest BCUT2D eigenvalue weighted by molar-refractivity contribution is 6.07. The second-order valence-corrected chi connectivity index (χ2v) is 5.77. The van der Waals surface area contributed by atoms with E-state index in [-0.39, 0.29) is 12.2 Å². The molecule has 1 heterocycles. The monoisotopic (exact) mass is 375 g/mol. The standard InChI is InChI=1S/C21H17N3O4/c1-3-28-21(26)16-12-23-18-9-8-13(20(25)27-2)10-15(18)19(16)24-17-7-5-4-6-14(17)11-22/h4-10,12H,3H2,1-2H3,(H,23,24). The number of nitrogens with zero attached hydrogens (tertiary/aromatic N) is 2. The molecule has 0 spiro atoms. The van der Waals surface area contributed by atoms with Crippen molar-refractivity contribution in [2.45, 2.75) is 6.92 Å². The Bertz CT molecular complexity index is 1100. The van der Waals surface area contributed by atoms with E-state index in [2.05, 4.69) is 16.4 Å². The fourth-order valence-corrected chi connectivity index (χ4v) is 2.76. The van der Waals surface area contributed by atoms with Crippen LogP contribution in [0.25, 0.3) is 10.9 Å². The van der Waals surface area contributed by atoms with Crippen molar-refractivity contribution in [3.05, 3.63) is 65.4 Å². The van der Waals surface area contributed by atoms with Gasteiger partial charge >= 0.3 is 11.9 Å². The van der Waals surface area contributed by atoms with Crippen molar-refractivity contribution in [1.82, 2.24) is 4.98 Å². The van der Waals surface area contributed by atoms with Crippen molar-refractivity contribution in [2.24, 2.45) is 0 Å². The molecule has 0 atom stereocenters. The van der Waals surface area contributed by atoms with Gasteiger partial charge in [-0.3, -0.25) is 4.98 Å². The molecule has 0 unspecified atom stereocenters. The first-order valence-electron chi connectivity index (χ1n) is 8.53. The molecule has 0 amide bonds. The Kier molecular flexibility index (Phi) is 5.51. The molecule has 0 bridgehead atoms. The molecule has 7 nitrogen and oxygen atoms in total. The molecule has 3 aromatic rings. The van der Waals surface area contributed by atoms with Crippen molar-refractivity contribution >= 4 is 34.2 Å². The fraction of sp³-hybridized carbons (Fsp3) is 0.143. The average Bonchev–Trinajstić information content (AvgIpc) is 2.73. The maximum atomic E-state index is 12.5. The number of nitriles is 1. The summed E-state index contributed by atoms with van der Waals surface area (Å²) in [5.74, 6) is -1.07. The first-order valence-corrected chi connectivity index (χ1v) is 8.53. The van der Waals surface area contributed by atoms with Gasteiger partial charge in [-0.05, 0) is 37.3 Å². The lowest BCUT2D eigenvalue weighted by Crippen LogP contribution is -2.10. The van der Waals surface area contributed by atoms with E-state index in [4.69, 9.17) is 9.47 Å². The van der Waals surface area contributed by atoms with Crippen LogP contribution < -0.4 is 5.32 Å². The Morgan fingerprint density at radius 1 is 1.18 bits per heavy atom. The summed E-state index contributed by atoms with van der Waals surface area (Å²) in [4.78, 5) is 28.7. The van der Waals surface area contributed by atoms with Gasteiger partial charge in [0.1, 0.15) is 11.6 Å². The summed E-state index contributed by atoms with van der Waals surface area (Å²) < 4.78 is 9.92. The molecule has 2 aromatic carbocycles. The molecule has 0 aliphatic heterocycles. The number of hydrogen-bond acceptors (Lipinski definition) is 7. The van der Waals surface area contributed by atoms with Gasteiger partial charge < -0.3 is 14.8 Å². The van der Waals surface area contributed by atoms with Crippen LogP contribution >= 0.6 is 0 Å². The highest BCUT2D eigenvalue weighted by Crippen LogP contribution is 2.31. The number of esters is 2. The van der Waals surface area contributed by atoms with Crippen LogP contribution in [0.5, 0.6) is 0 Å². The van der Waals surface area contributed by atoms with Crippen molar-refractivity contribution in [3.63, 3.8) is 0 Å². The Morgan fingerprint density at radius 3 is 2.68 bits per heavy atom. The second kappa shape index (κ2) is 8.18. The van der Waals surface area contributed by atoms with Crippen molar-refractivity contribution in [1.29, 1.82) is 5.26 Å². The zero-order valence-electron chi connectivity index (χ0n) is 15.4. The highest BCUT2D eigenvalue weighted by atomic mass is 16.5. The molecule has 0 saturated carbocycles. The zero-order chi connectivity index (χ0) is 20.1. The molecule has 1 aromatic heterocycles. The van der Waals surface area contributed by atoms with E-state index in [0.717, 1.165) is 0 Å². The van der Waals surface area contributed by atoms with Crippen LogP contribution in [0, 0.1) is 11.3 Å². The quantitative estimate of drug-likeness (QED) is 0.677. The minimum atomic E-state index is -0.558. The molecule has 140 valence electrons. The van der Waals surface area contributed by atoms with Crippen LogP contribution in [0.3, 0.4) is 0 Å². The summed E-state index contributed by atoms with van der Waals surface area (Å²) in [6.07, 6.45) is 1.41. The van der Waals surface area contributed by atoms with E-state index in [1.54, 1.807) is 49.4 Å². The van der Waals surface area contributed by atoms with Gasteiger partial charge in [-0.15, -0.1) is 0 Å². The third kappa shape index (κ3) is 3.62. The van der Waals surface area contributed by atoms with E-state index < -0.39 is 11.9 Å². The van der Waals surface area contributed by atoms with E-state index >= 15 is 0 Å². The number of benzene rings is 2. The summed E-state index contributed by atoms with van der Waals surface area (Å²) in [5.41, 5.74) is 2.41. The van der Waals surface area contributed by atoms with Crippen molar-refractivity contribution in [3.8, 4) is 6.07 Å². The molecular weight excluding hydrogens is 358 g/mol. The number of anilines is 2. The van der Waals surface area contributed by atoms with Crippen LogP contribution in [-0.2, 0) is 9.47 Å². The highest BCUT2D eigenvalue weighted by Gasteiger charge is 2.19. The van der Waals surface area contributed by atoms with Crippen LogP contribution in [0.4, 0.5) is 11.4 Å². The topological polar surface area (TPSA) is 101 Å². The summed E-state index contributed by atoms with van der Waals surface area (Å²) >= 11 is 0. The molecule has 1 N–H and O–H groups in total. The van der Waals surface area contributed by atoms with Crippen molar-refractivity contribution < 1.29 is 19.1 Å². The largest absolute Gasteiger partial charge is 0.465 e. The maximum Gasteiger partial charge on any atom is 0.341 e. The zero-order valence-corrected chi connectivity index (χ0v) is 15.4. The van der Waals surface area contributed by atoms with Gasteiger partial charge in [0.25, 0.3) is 0 Å². The van der Waals surface area contributed by atoms with E-state index in [1.165, 1.54) is 13.3 Å². The molecular formula is C21H17N3O4. The smallest absolute Gasteiger partial charge is 0.341 e. The van der Waals surface area contributed by atoms with Crippen LogP contribution in [0.2, 0.25) is 0 Å². The minimum Gasteiger partial charge on any atom is -0.465 e. The Hall–Kier alpha value is -3.92. The number of pyridine rings is 1. The number of carbonyl (C=O) groups excluding carboxylic acids is 2. The van der Waals surface area contributed by atoms with E-state index in [0.29, 0.717) is 33.4 Å². The van der Waals surface area contributed by atoms with Gasteiger partial charge in [-0.1, -0.05) is 12.1 Å². The Balaban J connectivity index is 2.24. The van der Waals surface area contributed by atoms with Crippen LogP contribution in [0.1, 0.15) is 33.2 Å². The lowest BCUT2D eigenvalue weighted by Gasteiger charge is -2.15. The minimum absolute atomic E-state index is 0.198. The summed E-state index contributed by atoms with van der Waals surface area (Å²) in [6, 6.07) is 13.9. The lowest BCUT2D eigenvalue weighted by molar-refractivity contribution is 0.0526. The van der Waals surface area contributed by atoms with Gasteiger partial charge in [-0.25, -0.2) is 9.59 Å². The van der Waals surface area contributed by atoms with Crippen LogP contribution in [0.15, 0.2) is 48.7 Å². The second-order valence-electron chi connectivity index (χ2n) is 5.77. The molecule has 0 fully saturated rings. The number of methoxy groups -OCH3 is 1. The van der Waals surface area contributed by atoms with Gasteiger partial charge in [0.05, 0.1) is 41.7 Å². The van der Waals surface area contributed by atoms with Gasteiger partial charge in [-0.2, -0.15) is 5.26 Å².